The van der Waals surface area contributed by atoms with Crippen molar-refractivity contribution in [3.63, 3.8) is 0 Å². The molecular formula is C9H16F2N2O2. The smallest absolute Gasteiger partial charge is 0.282 e. The molecule has 0 atom stereocenters. The maximum Gasteiger partial charge on any atom is 0.282 e. The third-order valence-corrected chi connectivity index (χ3v) is 2.38. The Morgan fingerprint density at radius 2 is 2.20 bits per heavy atom. The minimum atomic E-state index is -3.15. The molecule has 0 aromatic carbocycles. The van der Waals surface area contributed by atoms with E-state index in [1.54, 1.807) is 11.9 Å². The van der Waals surface area contributed by atoms with Crippen LogP contribution in [0.1, 0.15) is 12.8 Å². The molecule has 1 fully saturated rings. The number of hydrogen-bond acceptors (Lipinski definition) is 3. The summed E-state index contributed by atoms with van der Waals surface area (Å²) in [5.74, 6) is -3.34. The number of rotatable bonds is 6. The molecule has 0 saturated heterocycles. The summed E-state index contributed by atoms with van der Waals surface area (Å²) in [7, 11) is 1.67. The topological polar surface area (TPSA) is 52.6 Å². The van der Waals surface area contributed by atoms with E-state index >= 15 is 0 Å². The normalized spacial score (nSPS) is 16.5. The predicted octanol–water partition coefficient (Wildman–Crippen LogP) is -0.176. The van der Waals surface area contributed by atoms with Crippen LogP contribution in [0.2, 0.25) is 0 Å². The highest BCUT2D eigenvalue weighted by atomic mass is 19.3. The standard InChI is InChI=1S/C9H16F2N2O2/c1-13(7-2-3-7)8(15)4-12-5-9(10,11)6-14/h7,12,14H,2-6H2,1H3. The maximum atomic E-state index is 12.5. The number of nitrogens with one attached hydrogen (secondary N) is 1. The van der Waals surface area contributed by atoms with Crippen LogP contribution in [-0.4, -0.2) is 54.6 Å². The molecule has 0 spiro atoms. The molecule has 0 bridgehead atoms. The van der Waals surface area contributed by atoms with Gasteiger partial charge in [0, 0.05) is 13.1 Å². The third-order valence-electron chi connectivity index (χ3n) is 2.38. The molecule has 88 valence electrons. The number of nitrogens with zero attached hydrogens (tertiary/aromatic N) is 1. The molecule has 15 heavy (non-hydrogen) atoms. The molecule has 0 heterocycles. The zero-order valence-corrected chi connectivity index (χ0v) is 8.67. The summed E-state index contributed by atoms with van der Waals surface area (Å²) in [6.07, 6.45) is 1.99. The van der Waals surface area contributed by atoms with Gasteiger partial charge in [0.1, 0.15) is 6.61 Å². The van der Waals surface area contributed by atoms with Crippen molar-refractivity contribution < 1.29 is 18.7 Å². The minimum Gasteiger partial charge on any atom is -0.390 e. The number of hydrogen-bond donors (Lipinski definition) is 2. The van der Waals surface area contributed by atoms with Crippen LogP contribution in [0, 0.1) is 0 Å². The first-order chi connectivity index (χ1) is 6.96. The Morgan fingerprint density at radius 1 is 1.60 bits per heavy atom. The molecule has 4 nitrogen and oxygen atoms in total. The first-order valence-corrected chi connectivity index (χ1v) is 4.91. The van der Waals surface area contributed by atoms with Gasteiger partial charge in [0.05, 0.1) is 13.1 Å². The van der Waals surface area contributed by atoms with Gasteiger partial charge in [-0.25, -0.2) is 8.78 Å². The molecule has 0 radical (unpaired) electrons. The number of halogens is 2. The first kappa shape index (κ1) is 12.3. The highest BCUT2D eigenvalue weighted by Crippen LogP contribution is 2.25. The number of likely N-dealkylation sites (N-methyl/N-ethyl adjacent to an activating group) is 1. The van der Waals surface area contributed by atoms with E-state index < -0.39 is 19.1 Å². The summed E-state index contributed by atoms with van der Waals surface area (Å²) >= 11 is 0. The number of carbonyl (C=O) groups is 1. The average molecular weight is 222 g/mol. The number of amides is 1. The SMILES string of the molecule is CN(C(=O)CNCC(F)(F)CO)C1CC1. The molecule has 0 aromatic heterocycles. The summed E-state index contributed by atoms with van der Waals surface area (Å²) < 4.78 is 25.1. The molecular weight excluding hydrogens is 206 g/mol. The molecule has 0 aliphatic heterocycles. The van der Waals surface area contributed by atoms with Crippen LogP contribution in [0.5, 0.6) is 0 Å². The van der Waals surface area contributed by atoms with Gasteiger partial charge < -0.3 is 15.3 Å². The lowest BCUT2D eigenvalue weighted by atomic mass is 10.3. The van der Waals surface area contributed by atoms with Crippen molar-refractivity contribution in [1.82, 2.24) is 10.2 Å². The molecule has 0 unspecified atom stereocenters. The molecule has 1 aliphatic rings. The van der Waals surface area contributed by atoms with Gasteiger partial charge in [0.25, 0.3) is 5.92 Å². The fourth-order valence-corrected chi connectivity index (χ4v) is 1.20. The van der Waals surface area contributed by atoms with E-state index in [-0.39, 0.29) is 18.5 Å². The second-order valence-corrected chi connectivity index (χ2v) is 3.85. The molecule has 1 saturated carbocycles. The van der Waals surface area contributed by atoms with Crippen molar-refractivity contribution in [2.24, 2.45) is 0 Å². The summed E-state index contributed by atoms with van der Waals surface area (Å²) in [5, 5.41) is 10.6. The Morgan fingerprint density at radius 3 is 2.67 bits per heavy atom. The number of aliphatic hydroxyl groups is 1. The lowest BCUT2D eigenvalue weighted by molar-refractivity contribution is -0.129. The molecule has 1 aliphatic carbocycles. The van der Waals surface area contributed by atoms with E-state index in [0.717, 1.165) is 12.8 Å². The first-order valence-electron chi connectivity index (χ1n) is 4.91. The zero-order chi connectivity index (χ0) is 11.5. The second-order valence-electron chi connectivity index (χ2n) is 3.85. The van der Waals surface area contributed by atoms with E-state index in [1.807, 2.05) is 0 Å². The van der Waals surface area contributed by atoms with Gasteiger partial charge in [-0.05, 0) is 12.8 Å². The number of alkyl halides is 2. The van der Waals surface area contributed by atoms with E-state index in [9.17, 15) is 13.6 Å². The average Bonchev–Trinajstić information content (AvgIpc) is 2.99. The van der Waals surface area contributed by atoms with Crippen LogP contribution in [0.4, 0.5) is 8.78 Å². The van der Waals surface area contributed by atoms with E-state index in [0.29, 0.717) is 0 Å². The van der Waals surface area contributed by atoms with E-state index in [4.69, 9.17) is 5.11 Å². The highest BCUT2D eigenvalue weighted by Gasteiger charge is 2.30. The van der Waals surface area contributed by atoms with Crippen LogP contribution in [0.3, 0.4) is 0 Å². The maximum absolute atomic E-state index is 12.5. The minimum absolute atomic E-state index is 0.109. The summed E-state index contributed by atoms with van der Waals surface area (Å²) in [5.41, 5.74) is 0. The molecule has 0 aromatic rings. The fourth-order valence-electron chi connectivity index (χ4n) is 1.20. The van der Waals surface area contributed by atoms with E-state index in [2.05, 4.69) is 5.32 Å². The Balaban J connectivity index is 2.16. The van der Waals surface area contributed by atoms with Crippen molar-refractivity contribution in [1.29, 1.82) is 0 Å². The summed E-state index contributed by atoms with van der Waals surface area (Å²) in [6.45, 7) is -1.98. The lowest BCUT2D eigenvalue weighted by Gasteiger charge is -2.18. The largest absolute Gasteiger partial charge is 0.390 e. The van der Waals surface area contributed by atoms with Crippen molar-refractivity contribution in [2.75, 3.05) is 26.7 Å². The van der Waals surface area contributed by atoms with E-state index in [1.165, 1.54) is 0 Å². The number of carbonyl (C=O) groups excluding carboxylic acids is 1. The van der Waals surface area contributed by atoms with Gasteiger partial charge in [-0.15, -0.1) is 0 Å². The molecule has 1 amide bonds. The van der Waals surface area contributed by atoms with Crippen molar-refractivity contribution in [3.8, 4) is 0 Å². The summed E-state index contributed by atoms with van der Waals surface area (Å²) in [6, 6.07) is 0.289. The lowest BCUT2D eigenvalue weighted by Crippen LogP contribution is -2.42. The third kappa shape index (κ3) is 4.09. The van der Waals surface area contributed by atoms with Gasteiger partial charge in [-0.1, -0.05) is 0 Å². The molecule has 6 heteroatoms. The van der Waals surface area contributed by atoms with Gasteiger partial charge in [-0.3, -0.25) is 4.79 Å². The Labute approximate surface area is 87.2 Å². The van der Waals surface area contributed by atoms with Crippen molar-refractivity contribution in [2.45, 2.75) is 24.8 Å². The van der Waals surface area contributed by atoms with Gasteiger partial charge in [-0.2, -0.15) is 0 Å². The Bertz CT molecular complexity index is 232. The van der Waals surface area contributed by atoms with Gasteiger partial charge >= 0.3 is 0 Å². The fraction of sp³-hybridized carbons (Fsp3) is 0.889. The predicted molar refractivity (Wildman–Crippen MR) is 50.7 cm³/mol. The van der Waals surface area contributed by atoms with Crippen LogP contribution < -0.4 is 5.32 Å². The highest BCUT2D eigenvalue weighted by molar-refractivity contribution is 5.78. The second kappa shape index (κ2) is 4.85. The van der Waals surface area contributed by atoms with Crippen LogP contribution in [-0.2, 0) is 4.79 Å². The number of aliphatic hydroxyl groups excluding tert-OH is 1. The Hall–Kier alpha value is -0.750. The van der Waals surface area contributed by atoms with Crippen LogP contribution in [0.25, 0.3) is 0 Å². The van der Waals surface area contributed by atoms with Crippen molar-refractivity contribution in [3.05, 3.63) is 0 Å². The molecule has 2 N–H and O–H groups in total. The van der Waals surface area contributed by atoms with Crippen LogP contribution >= 0.6 is 0 Å². The zero-order valence-electron chi connectivity index (χ0n) is 8.67. The quantitative estimate of drug-likeness (QED) is 0.655. The van der Waals surface area contributed by atoms with Gasteiger partial charge in [0.15, 0.2) is 0 Å². The van der Waals surface area contributed by atoms with Crippen molar-refractivity contribution >= 4 is 5.91 Å². The van der Waals surface area contributed by atoms with Gasteiger partial charge in [0.2, 0.25) is 5.91 Å². The monoisotopic (exact) mass is 222 g/mol. The molecule has 1 rings (SSSR count). The van der Waals surface area contributed by atoms with Crippen LogP contribution in [0.15, 0.2) is 0 Å². The summed E-state index contributed by atoms with van der Waals surface area (Å²) in [4.78, 5) is 12.9. The Kier molecular flexibility index (Phi) is 3.98.